The van der Waals surface area contributed by atoms with Gasteiger partial charge in [-0.15, -0.1) is 0 Å². The van der Waals surface area contributed by atoms with Crippen LogP contribution in [0.5, 0.6) is 0 Å². The first-order valence-corrected chi connectivity index (χ1v) is 13.5. The van der Waals surface area contributed by atoms with Crippen LogP contribution in [0, 0.1) is 19.7 Å². The van der Waals surface area contributed by atoms with Crippen molar-refractivity contribution in [1.29, 1.82) is 0 Å². The molecular weight excluding hydrogens is 537 g/mol. The van der Waals surface area contributed by atoms with Crippen molar-refractivity contribution in [3.63, 3.8) is 0 Å². The van der Waals surface area contributed by atoms with Crippen molar-refractivity contribution in [2.24, 2.45) is 0 Å². The summed E-state index contributed by atoms with van der Waals surface area (Å²) in [6.07, 6.45) is 1.48. The largest absolute Gasteiger partial charge is 0.420 e. The fourth-order valence-corrected chi connectivity index (χ4v) is 4.85. The lowest BCUT2D eigenvalue weighted by molar-refractivity contribution is 0.543. The maximum atomic E-state index is 14.7. The van der Waals surface area contributed by atoms with Gasteiger partial charge in [0.25, 0.3) is 15.8 Å². The van der Waals surface area contributed by atoms with Gasteiger partial charge in [-0.25, -0.2) is 18.6 Å². The molecule has 2 aromatic heterocycles. The van der Waals surface area contributed by atoms with Gasteiger partial charge in [0, 0.05) is 12.6 Å². The van der Waals surface area contributed by atoms with Crippen LogP contribution in [0.3, 0.4) is 0 Å². The zero-order chi connectivity index (χ0) is 27.4. The van der Waals surface area contributed by atoms with E-state index in [1.165, 1.54) is 49.0 Å². The van der Waals surface area contributed by atoms with E-state index < -0.39 is 27.2 Å². The average Bonchev–Trinajstić information content (AvgIpc) is 3.69. The lowest BCUT2D eigenvalue weighted by atomic mass is 10.1. The highest BCUT2D eigenvalue weighted by Gasteiger charge is 2.30. The van der Waals surface area contributed by atoms with Crippen molar-refractivity contribution < 1.29 is 17.2 Å². The molecule has 0 amide bonds. The van der Waals surface area contributed by atoms with Crippen LogP contribution in [0.15, 0.2) is 50.4 Å². The van der Waals surface area contributed by atoms with Crippen LogP contribution >= 0.6 is 11.6 Å². The second-order valence-electron chi connectivity index (χ2n) is 9.04. The molecule has 0 bridgehead atoms. The Hall–Kier alpha value is -3.74. The summed E-state index contributed by atoms with van der Waals surface area (Å²) in [5, 5.41) is 7.54. The van der Waals surface area contributed by atoms with E-state index in [0.717, 1.165) is 12.8 Å². The number of aryl methyl sites for hydroxylation is 1. The summed E-state index contributed by atoms with van der Waals surface area (Å²) in [5.41, 5.74) is 0.234. The van der Waals surface area contributed by atoms with Crippen molar-refractivity contribution in [3.8, 4) is 11.3 Å². The van der Waals surface area contributed by atoms with Gasteiger partial charge in [-0.3, -0.25) is 9.52 Å². The maximum Gasteiger partial charge on any atom is 0.341 e. The summed E-state index contributed by atoms with van der Waals surface area (Å²) in [4.78, 5) is 26.5. The molecule has 3 N–H and O–H groups in total. The van der Waals surface area contributed by atoms with Gasteiger partial charge >= 0.3 is 5.63 Å². The highest BCUT2D eigenvalue weighted by atomic mass is 35.5. The molecule has 0 radical (unpaired) electrons. The molecule has 0 saturated heterocycles. The monoisotopic (exact) mass is 559 g/mol. The number of hydrogen-bond acceptors (Lipinski definition) is 7. The third-order valence-electron chi connectivity index (χ3n) is 6.22. The molecular formula is C25H23ClFN5O5S. The Balaban J connectivity index is 1.76. The molecule has 1 aliphatic rings. The highest BCUT2D eigenvalue weighted by molar-refractivity contribution is 7.90. The molecule has 0 spiro atoms. The van der Waals surface area contributed by atoms with Gasteiger partial charge in [0.05, 0.1) is 33.7 Å². The van der Waals surface area contributed by atoms with Crippen LogP contribution < -0.4 is 25.9 Å². The van der Waals surface area contributed by atoms with Gasteiger partial charge in [0.15, 0.2) is 5.58 Å². The molecule has 2 heterocycles. The fourth-order valence-electron chi connectivity index (χ4n) is 4.04. The quantitative estimate of drug-likeness (QED) is 0.306. The number of halogens is 2. The van der Waals surface area contributed by atoms with Crippen LogP contribution in [-0.2, 0) is 10.2 Å². The molecule has 1 aliphatic carbocycles. The topological polar surface area (TPSA) is 135 Å². The zero-order valence-corrected chi connectivity index (χ0v) is 22.1. The summed E-state index contributed by atoms with van der Waals surface area (Å²) in [5.74, 6) is -0.551. The van der Waals surface area contributed by atoms with E-state index in [-0.39, 0.29) is 50.4 Å². The third kappa shape index (κ3) is 4.77. The molecule has 4 aromatic rings. The van der Waals surface area contributed by atoms with Gasteiger partial charge in [0.2, 0.25) is 0 Å². The number of hydrogen-bond donors (Lipinski definition) is 3. The molecule has 0 unspecified atom stereocenters. The smallest absolute Gasteiger partial charge is 0.341 e. The van der Waals surface area contributed by atoms with Gasteiger partial charge in [0.1, 0.15) is 16.9 Å². The van der Waals surface area contributed by atoms with Crippen LogP contribution in [0.1, 0.15) is 30.0 Å². The van der Waals surface area contributed by atoms with E-state index in [4.69, 9.17) is 16.0 Å². The van der Waals surface area contributed by atoms with Crippen LogP contribution in [0.2, 0.25) is 5.02 Å². The molecule has 13 heteroatoms. The molecule has 0 atom stereocenters. The van der Waals surface area contributed by atoms with Crippen LogP contribution in [0.4, 0.5) is 21.5 Å². The average molecular weight is 560 g/mol. The number of nitrogens with zero attached hydrogens (tertiary/aromatic N) is 2. The lowest BCUT2D eigenvalue weighted by Crippen LogP contribution is -2.26. The molecule has 1 fully saturated rings. The van der Waals surface area contributed by atoms with E-state index >= 15 is 0 Å². The Morgan fingerprint density at radius 2 is 1.87 bits per heavy atom. The Kier molecular flexibility index (Phi) is 6.49. The van der Waals surface area contributed by atoms with E-state index in [9.17, 15) is 22.4 Å². The minimum Gasteiger partial charge on any atom is -0.420 e. The van der Waals surface area contributed by atoms with Gasteiger partial charge in [-0.1, -0.05) is 17.7 Å². The molecule has 5 rings (SSSR count). The highest BCUT2D eigenvalue weighted by Crippen LogP contribution is 2.39. The standard InChI is InChI=1S/C25H23ClFN5O5S/c1-12-4-9-19(18(27)10-12)29-21-13(2)25(34)37-23-20(21)24(33)32(15-6-7-15)30-22(23)16-8-5-14(11-17(16)26)31-38(35,36)28-3/h4-5,8-11,15,28-29,31H,6-7H2,1-3H3. The second kappa shape index (κ2) is 9.53. The molecule has 2 aromatic carbocycles. The first kappa shape index (κ1) is 25.9. The SMILES string of the molecule is CNS(=O)(=O)Nc1ccc(-c2nn(C3CC3)c(=O)c3c(Nc4ccc(C)cc4F)c(C)c(=O)oc23)c(Cl)c1. The molecule has 38 heavy (non-hydrogen) atoms. The summed E-state index contributed by atoms with van der Waals surface area (Å²) >= 11 is 6.53. The minimum absolute atomic E-state index is 0.0232. The van der Waals surface area contributed by atoms with Crippen LogP contribution in [0.25, 0.3) is 22.2 Å². The number of aromatic nitrogens is 2. The molecule has 1 saturated carbocycles. The molecule has 0 aliphatic heterocycles. The lowest BCUT2D eigenvalue weighted by Gasteiger charge is -2.16. The second-order valence-corrected chi connectivity index (χ2v) is 11.1. The van der Waals surface area contributed by atoms with Gasteiger partial charge in [-0.05, 0) is 62.6 Å². The van der Waals surface area contributed by atoms with E-state index in [2.05, 4.69) is 19.9 Å². The fraction of sp³-hybridized carbons (Fsp3) is 0.240. The predicted molar refractivity (Wildman–Crippen MR) is 144 cm³/mol. The number of benzene rings is 2. The van der Waals surface area contributed by atoms with Crippen molar-refractivity contribution in [3.05, 3.63) is 79.1 Å². The summed E-state index contributed by atoms with van der Waals surface area (Å²) in [6, 6.07) is 8.75. The predicted octanol–water partition coefficient (Wildman–Crippen LogP) is 4.38. The van der Waals surface area contributed by atoms with Crippen molar-refractivity contribution in [2.75, 3.05) is 17.1 Å². The van der Waals surface area contributed by atoms with E-state index in [0.29, 0.717) is 11.1 Å². The Morgan fingerprint density at radius 3 is 2.50 bits per heavy atom. The molecule has 198 valence electrons. The summed E-state index contributed by atoms with van der Waals surface area (Å²) in [7, 11) is -2.53. The number of anilines is 3. The Bertz CT molecular complexity index is 1830. The van der Waals surface area contributed by atoms with Crippen molar-refractivity contribution in [2.45, 2.75) is 32.7 Å². The molecule has 10 nitrogen and oxygen atoms in total. The zero-order valence-electron chi connectivity index (χ0n) is 20.6. The Morgan fingerprint density at radius 1 is 1.13 bits per heavy atom. The first-order chi connectivity index (χ1) is 18.0. The summed E-state index contributed by atoms with van der Waals surface area (Å²) in [6.45, 7) is 3.23. The van der Waals surface area contributed by atoms with Gasteiger partial charge in [-0.2, -0.15) is 13.5 Å². The van der Waals surface area contributed by atoms with E-state index in [1.807, 2.05) is 0 Å². The van der Waals surface area contributed by atoms with Crippen molar-refractivity contribution >= 4 is 49.8 Å². The first-order valence-electron chi connectivity index (χ1n) is 11.6. The van der Waals surface area contributed by atoms with Gasteiger partial charge < -0.3 is 9.73 Å². The van der Waals surface area contributed by atoms with Crippen LogP contribution in [-0.4, -0.2) is 25.2 Å². The van der Waals surface area contributed by atoms with E-state index in [1.54, 1.807) is 13.0 Å². The van der Waals surface area contributed by atoms with Crippen molar-refractivity contribution in [1.82, 2.24) is 14.5 Å². The minimum atomic E-state index is -3.79. The normalized spacial score (nSPS) is 13.6. The number of fused-ring (bicyclic) bond motifs is 1. The summed E-state index contributed by atoms with van der Waals surface area (Å²) < 4.78 is 49.8. The maximum absolute atomic E-state index is 14.7. The number of nitrogens with one attached hydrogen (secondary N) is 3. The Labute approximate surface area is 221 Å². The number of rotatable bonds is 7. The third-order valence-corrected chi connectivity index (χ3v) is 7.57.